The minimum Gasteiger partial charge on any atom is -0.352 e. The largest absolute Gasteiger partial charge is 0.352 e. The Hall–Kier alpha value is -2.82. The van der Waals surface area contributed by atoms with E-state index in [1.54, 1.807) is 23.5 Å². The van der Waals surface area contributed by atoms with Crippen LogP contribution in [-0.4, -0.2) is 57.2 Å². The number of nitrogens with two attached hydrogens (primary N) is 1. The number of benzene rings is 1. The monoisotopic (exact) mass is 539 g/mol. The molecule has 10 heteroatoms. The van der Waals surface area contributed by atoms with E-state index in [9.17, 15) is 19.7 Å². The van der Waals surface area contributed by atoms with Crippen LogP contribution in [-0.2, 0) is 22.7 Å². The quantitative estimate of drug-likeness (QED) is 0.369. The number of carbonyl (C=O) groups excluding carboxylic acids is 2. The number of nitro groups is 1. The number of carbonyl (C=O) groups is 2. The van der Waals surface area contributed by atoms with Crippen LogP contribution in [0.5, 0.6) is 0 Å². The number of non-ortho nitro benzene ring substituents is 1. The van der Waals surface area contributed by atoms with Gasteiger partial charge in [-0.3, -0.25) is 24.6 Å². The summed E-state index contributed by atoms with van der Waals surface area (Å²) in [6.45, 7) is 1.91. The topological polar surface area (TPSA) is 122 Å². The van der Waals surface area contributed by atoms with Crippen molar-refractivity contribution in [3.63, 3.8) is 0 Å². The fraction of sp³-hybridized carbons (Fsp3) is 0.571. The van der Waals surface area contributed by atoms with Crippen LogP contribution in [0.3, 0.4) is 0 Å². The molecule has 204 valence electrons. The first kappa shape index (κ1) is 26.8. The number of likely N-dealkylation sites (tertiary alicyclic amines) is 1. The first-order chi connectivity index (χ1) is 18.4. The van der Waals surface area contributed by atoms with Crippen LogP contribution in [0.25, 0.3) is 0 Å². The van der Waals surface area contributed by atoms with Gasteiger partial charge in [0.1, 0.15) is 6.04 Å². The number of piperidine rings is 1. The van der Waals surface area contributed by atoms with E-state index in [1.807, 2.05) is 23.1 Å². The van der Waals surface area contributed by atoms with Crippen LogP contribution in [0.15, 0.2) is 41.8 Å². The third-order valence-corrected chi connectivity index (χ3v) is 9.05. The van der Waals surface area contributed by atoms with E-state index in [0.717, 1.165) is 57.1 Å². The third kappa shape index (κ3) is 6.59. The van der Waals surface area contributed by atoms with E-state index in [1.165, 1.54) is 4.88 Å². The Balaban J connectivity index is 1.33. The summed E-state index contributed by atoms with van der Waals surface area (Å²) in [5.74, 6) is 0.141. The number of nitrogens with one attached hydrogen (secondary N) is 1. The van der Waals surface area contributed by atoms with Crippen LogP contribution in [0.2, 0.25) is 0 Å². The molecule has 1 aromatic carbocycles. The van der Waals surface area contributed by atoms with Crippen molar-refractivity contribution < 1.29 is 14.5 Å². The van der Waals surface area contributed by atoms with Gasteiger partial charge in [-0.15, -0.1) is 11.3 Å². The minimum absolute atomic E-state index is 0.0458. The Labute approximate surface area is 227 Å². The molecular formula is C28H37N5O4S. The van der Waals surface area contributed by atoms with Gasteiger partial charge in [-0.2, -0.15) is 0 Å². The Morgan fingerprint density at radius 2 is 1.79 bits per heavy atom. The molecule has 1 saturated heterocycles. The van der Waals surface area contributed by atoms with Crippen molar-refractivity contribution in [2.75, 3.05) is 6.54 Å². The van der Waals surface area contributed by atoms with E-state index in [0.29, 0.717) is 19.5 Å². The van der Waals surface area contributed by atoms with E-state index in [4.69, 9.17) is 5.73 Å². The molecule has 3 fully saturated rings. The standard InChI is InChI=1S/C28H37N5O4S/c29-21-7-9-22(10-8-21)30-27(34)26-16-24(13-14-32(26)28(35)20-5-6-20)31(18-25-2-1-15-38-25)17-19-3-11-23(12-4-19)33(36)37/h1-4,11-12,15,20-22,24,26H,5-10,13-14,16-18,29H2,(H,30,34)/t21?,22?,24?,26-/m1/s1. The molecule has 0 bridgehead atoms. The molecule has 2 atom stereocenters. The molecule has 1 aromatic heterocycles. The highest BCUT2D eigenvalue weighted by Crippen LogP contribution is 2.35. The van der Waals surface area contributed by atoms with Crippen molar-refractivity contribution >= 4 is 28.8 Å². The van der Waals surface area contributed by atoms with Crippen molar-refractivity contribution in [2.24, 2.45) is 11.7 Å². The molecule has 2 aromatic rings. The molecule has 1 unspecified atom stereocenters. The number of hydrogen-bond donors (Lipinski definition) is 2. The maximum atomic E-state index is 13.6. The fourth-order valence-corrected chi connectivity index (χ4v) is 6.52. The van der Waals surface area contributed by atoms with Crippen LogP contribution in [0.4, 0.5) is 5.69 Å². The van der Waals surface area contributed by atoms with Crippen LogP contribution in [0, 0.1) is 16.0 Å². The highest BCUT2D eigenvalue weighted by atomic mass is 32.1. The summed E-state index contributed by atoms with van der Waals surface area (Å²) >= 11 is 1.70. The summed E-state index contributed by atoms with van der Waals surface area (Å²) in [5.41, 5.74) is 7.13. The lowest BCUT2D eigenvalue weighted by atomic mass is 9.90. The highest BCUT2D eigenvalue weighted by Gasteiger charge is 2.43. The summed E-state index contributed by atoms with van der Waals surface area (Å²) in [6, 6.07) is 10.8. The van der Waals surface area contributed by atoms with Crippen LogP contribution < -0.4 is 11.1 Å². The van der Waals surface area contributed by atoms with E-state index in [2.05, 4.69) is 21.7 Å². The van der Waals surface area contributed by atoms with Gasteiger partial charge in [-0.05, 0) is 68.4 Å². The molecule has 9 nitrogen and oxygen atoms in total. The second kappa shape index (κ2) is 11.9. The fourth-order valence-electron chi connectivity index (χ4n) is 5.79. The van der Waals surface area contributed by atoms with Gasteiger partial charge >= 0.3 is 0 Å². The lowest BCUT2D eigenvalue weighted by molar-refractivity contribution is -0.384. The molecule has 0 radical (unpaired) electrons. The Morgan fingerprint density at radius 1 is 1.05 bits per heavy atom. The Kier molecular flexibility index (Phi) is 8.40. The number of rotatable bonds is 9. The lowest BCUT2D eigenvalue weighted by Crippen LogP contribution is -2.58. The van der Waals surface area contributed by atoms with Gasteiger partial charge in [0.25, 0.3) is 5.69 Å². The number of amides is 2. The average molecular weight is 540 g/mol. The van der Waals surface area contributed by atoms with E-state index < -0.39 is 6.04 Å². The van der Waals surface area contributed by atoms with Crippen molar-refractivity contribution in [3.8, 4) is 0 Å². The predicted octanol–water partition coefficient (Wildman–Crippen LogP) is 3.81. The zero-order valence-electron chi connectivity index (χ0n) is 21.7. The first-order valence-electron chi connectivity index (χ1n) is 13.7. The molecule has 2 aliphatic carbocycles. The summed E-state index contributed by atoms with van der Waals surface area (Å²) in [4.78, 5) is 43.0. The maximum Gasteiger partial charge on any atom is 0.269 e. The summed E-state index contributed by atoms with van der Waals surface area (Å²) in [6.07, 6.45) is 6.78. The zero-order valence-corrected chi connectivity index (χ0v) is 22.5. The lowest BCUT2D eigenvalue weighted by Gasteiger charge is -2.43. The molecule has 2 heterocycles. The van der Waals surface area contributed by atoms with Gasteiger partial charge in [0.05, 0.1) is 4.92 Å². The molecule has 3 N–H and O–H groups in total. The van der Waals surface area contributed by atoms with Gasteiger partial charge in [-0.1, -0.05) is 18.2 Å². The van der Waals surface area contributed by atoms with Gasteiger partial charge in [0.2, 0.25) is 11.8 Å². The molecule has 2 amide bonds. The van der Waals surface area contributed by atoms with E-state index >= 15 is 0 Å². The van der Waals surface area contributed by atoms with Gasteiger partial charge in [0, 0.05) is 60.7 Å². The smallest absolute Gasteiger partial charge is 0.269 e. The third-order valence-electron chi connectivity index (χ3n) is 8.19. The van der Waals surface area contributed by atoms with Crippen molar-refractivity contribution in [3.05, 3.63) is 62.3 Å². The molecule has 38 heavy (non-hydrogen) atoms. The number of hydrogen-bond acceptors (Lipinski definition) is 7. The molecule has 1 aliphatic heterocycles. The van der Waals surface area contributed by atoms with Gasteiger partial charge in [0.15, 0.2) is 0 Å². The Bertz CT molecular complexity index is 1110. The summed E-state index contributed by atoms with van der Waals surface area (Å²) in [5, 5.41) is 16.4. The molecule has 3 aliphatic rings. The number of thiophene rings is 1. The van der Waals surface area contributed by atoms with Crippen molar-refractivity contribution in [1.82, 2.24) is 15.1 Å². The van der Waals surface area contributed by atoms with Crippen molar-refractivity contribution in [2.45, 2.75) is 88.6 Å². The second-order valence-electron chi connectivity index (χ2n) is 11.0. The summed E-state index contributed by atoms with van der Waals surface area (Å²) in [7, 11) is 0. The molecule has 2 saturated carbocycles. The number of nitro benzene ring substituents is 1. The maximum absolute atomic E-state index is 13.6. The second-order valence-corrected chi connectivity index (χ2v) is 12.1. The van der Waals surface area contributed by atoms with Crippen LogP contribution >= 0.6 is 11.3 Å². The normalized spacial score (nSPS) is 25.8. The van der Waals surface area contributed by atoms with Crippen molar-refractivity contribution in [1.29, 1.82) is 0 Å². The highest BCUT2D eigenvalue weighted by molar-refractivity contribution is 7.09. The molecular weight excluding hydrogens is 502 g/mol. The number of nitrogens with zero attached hydrogens (tertiary/aromatic N) is 3. The average Bonchev–Trinajstić information content (AvgIpc) is 3.65. The zero-order chi connectivity index (χ0) is 26.6. The minimum atomic E-state index is -0.486. The van der Waals surface area contributed by atoms with Gasteiger partial charge in [-0.25, -0.2) is 0 Å². The first-order valence-corrected chi connectivity index (χ1v) is 14.6. The van der Waals surface area contributed by atoms with E-state index in [-0.39, 0.29) is 46.5 Å². The Morgan fingerprint density at radius 3 is 2.42 bits per heavy atom. The molecule has 5 rings (SSSR count). The summed E-state index contributed by atoms with van der Waals surface area (Å²) < 4.78 is 0. The molecule has 0 spiro atoms. The SMILES string of the molecule is NC1CCC(NC(=O)[C@H]2CC(N(Cc3ccc([N+](=O)[O-])cc3)Cc3cccs3)CCN2C(=O)C2CC2)CC1. The van der Waals surface area contributed by atoms with Gasteiger partial charge < -0.3 is 16.0 Å². The van der Waals surface area contributed by atoms with Crippen LogP contribution in [0.1, 0.15) is 61.8 Å². The predicted molar refractivity (Wildman–Crippen MR) is 146 cm³/mol.